The summed E-state index contributed by atoms with van der Waals surface area (Å²) in [5.41, 5.74) is 2.57. The number of hydrogen-bond acceptors (Lipinski definition) is 2. The van der Waals surface area contributed by atoms with Crippen molar-refractivity contribution in [2.45, 2.75) is 52.1 Å². The van der Waals surface area contributed by atoms with Gasteiger partial charge in [-0.15, -0.1) is 0 Å². The van der Waals surface area contributed by atoms with Crippen LogP contribution in [0.3, 0.4) is 0 Å². The van der Waals surface area contributed by atoms with Crippen molar-refractivity contribution in [3.05, 3.63) is 65.7 Å². The average molecular weight is 339 g/mol. The molecular formula is C22H29NO2. The van der Waals surface area contributed by atoms with Gasteiger partial charge in [0.15, 0.2) is 6.10 Å². The quantitative estimate of drug-likeness (QED) is 0.830. The van der Waals surface area contributed by atoms with Crippen molar-refractivity contribution in [2.75, 3.05) is 6.54 Å². The molecule has 0 radical (unpaired) electrons. The summed E-state index contributed by atoms with van der Waals surface area (Å²) in [6.45, 7) is 11.0. The molecular weight excluding hydrogens is 310 g/mol. The number of rotatable bonds is 6. The van der Waals surface area contributed by atoms with Crippen LogP contribution in [0.2, 0.25) is 0 Å². The summed E-state index contributed by atoms with van der Waals surface area (Å²) in [4.78, 5) is 12.3. The second-order valence-electron chi connectivity index (χ2n) is 7.59. The van der Waals surface area contributed by atoms with Crippen LogP contribution in [0.1, 0.15) is 51.7 Å². The Bertz CT molecular complexity index is 671. The Labute approximate surface area is 151 Å². The zero-order valence-corrected chi connectivity index (χ0v) is 15.9. The van der Waals surface area contributed by atoms with Gasteiger partial charge in [-0.3, -0.25) is 4.79 Å². The van der Waals surface area contributed by atoms with Crippen LogP contribution in [-0.4, -0.2) is 18.6 Å². The molecule has 0 unspecified atom stereocenters. The molecule has 0 saturated heterocycles. The molecule has 2 rings (SSSR count). The molecule has 0 spiro atoms. The van der Waals surface area contributed by atoms with Gasteiger partial charge in [0.1, 0.15) is 5.75 Å². The van der Waals surface area contributed by atoms with Crippen LogP contribution in [0.25, 0.3) is 0 Å². The summed E-state index contributed by atoms with van der Waals surface area (Å²) in [7, 11) is 0. The number of ether oxygens (including phenoxy) is 1. The normalized spacial score (nSPS) is 13.8. The first-order valence-corrected chi connectivity index (χ1v) is 8.87. The minimum Gasteiger partial charge on any atom is -0.481 e. The van der Waals surface area contributed by atoms with E-state index in [1.165, 1.54) is 11.1 Å². The summed E-state index contributed by atoms with van der Waals surface area (Å²) in [5, 5.41) is 2.97. The molecule has 0 aliphatic carbocycles. The SMILES string of the molecule is C[C@@H](Oc1ccc(C(C)(C)C)cc1)C(=O)NC[C@H](C)c1ccccc1. The van der Waals surface area contributed by atoms with Crippen molar-refractivity contribution >= 4 is 5.91 Å². The molecule has 1 amide bonds. The Hall–Kier alpha value is -2.29. The minimum absolute atomic E-state index is 0.0947. The van der Waals surface area contributed by atoms with Gasteiger partial charge >= 0.3 is 0 Å². The molecule has 0 fully saturated rings. The highest BCUT2D eigenvalue weighted by atomic mass is 16.5. The Morgan fingerprint density at radius 1 is 1.00 bits per heavy atom. The van der Waals surface area contributed by atoms with Gasteiger partial charge in [-0.1, -0.05) is 70.2 Å². The van der Waals surface area contributed by atoms with Gasteiger partial charge in [-0.25, -0.2) is 0 Å². The van der Waals surface area contributed by atoms with Crippen molar-refractivity contribution in [3.63, 3.8) is 0 Å². The Morgan fingerprint density at radius 2 is 1.60 bits per heavy atom. The number of hydrogen-bond donors (Lipinski definition) is 1. The predicted octanol–water partition coefficient (Wildman–Crippen LogP) is 4.67. The maximum absolute atomic E-state index is 12.3. The number of benzene rings is 2. The topological polar surface area (TPSA) is 38.3 Å². The lowest BCUT2D eigenvalue weighted by Gasteiger charge is -2.20. The van der Waals surface area contributed by atoms with E-state index in [9.17, 15) is 4.79 Å². The van der Waals surface area contributed by atoms with Gasteiger partial charge in [0.2, 0.25) is 0 Å². The largest absolute Gasteiger partial charge is 0.481 e. The third-order valence-electron chi connectivity index (χ3n) is 4.35. The minimum atomic E-state index is -0.525. The molecule has 0 aliphatic rings. The molecule has 0 saturated carbocycles. The van der Waals surface area contributed by atoms with Crippen molar-refractivity contribution < 1.29 is 9.53 Å². The van der Waals surface area contributed by atoms with E-state index in [0.717, 1.165) is 0 Å². The maximum Gasteiger partial charge on any atom is 0.260 e. The van der Waals surface area contributed by atoms with Gasteiger partial charge in [-0.05, 0) is 41.5 Å². The van der Waals surface area contributed by atoms with Gasteiger partial charge < -0.3 is 10.1 Å². The highest BCUT2D eigenvalue weighted by molar-refractivity contribution is 5.80. The van der Waals surface area contributed by atoms with E-state index >= 15 is 0 Å². The van der Waals surface area contributed by atoms with Crippen molar-refractivity contribution in [1.29, 1.82) is 0 Å². The van der Waals surface area contributed by atoms with Crippen LogP contribution in [0, 0.1) is 0 Å². The number of nitrogens with one attached hydrogen (secondary N) is 1. The van der Waals surface area contributed by atoms with E-state index in [4.69, 9.17) is 4.74 Å². The third-order valence-corrected chi connectivity index (χ3v) is 4.35. The number of carbonyl (C=O) groups excluding carboxylic acids is 1. The molecule has 3 nitrogen and oxygen atoms in total. The fourth-order valence-corrected chi connectivity index (χ4v) is 2.59. The molecule has 0 aromatic heterocycles. The summed E-state index contributed by atoms with van der Waals surface area (Å²) in [6.07, 6.45) is -0.525. The van der Waals surface area contributed by atoms with E-state index in [-0.39, 0.29) is 17.2 Å². The summed E-state index contributed by atoms with van der Waals surface area (Å²) >= 11 is 0. The van der Waals surface area contributed by atoms with E-state index in [2.05, 4.69) is 57.3 Å². The van der Waals surface area contributed by atoms with Crippen LogP contribution in [-0.2, 0) is 10.2 Å². The highest BCUT2D eigenvalue weighted by Gasteiger charge is 2.17. The predicted molar refractivity (Wildman–Crippen MR) is 103 cm³/mol. The number of carbonyl (C=O) groups is 1. The second kappa shape index (κ2) is 8.19. The molecule has 3 heteroatoms. The lowest BCUT2D eigenvalue weighted by Crippen LogP contribution is -2.38. The molecule has 2 aromatic rings. The van der Waals surface area contributed by atoms with Crippen molar-refractivity contribution in [1.82, 2.24) is 5.32 Å². The zero-order valence-electron chi connectivity index (χ0n) is 15.9. The Kier molecular flexibility index (Phi) is 6.24. The second-order valence-corrected chi connectivity index (χ2v) is 7.59. The number of amides is 1. The molecule has 2 aromatic carbocycles. The average Bonchev–Trinajstić information content (AvgIpc) is 2.59. The van der Waals surface area contributed by atoms with E-state index in [1.807, 2.05) is 30.3 Å². The van der Waals surface area contributed by atoms with Crippen molar-refractivity contribution in [3.8, 4) is 5.75 Å². The molecule has 1 N–H and O–H groups in total. The first-order chi connectivity index (χ1) is 11.8. The van der Waals surface area contributed by atoms with E-state index < -0.39 is 6.10 Å². The molecule has 25 heavy (non-hydrogen) atoms. The smallest absolute Gasteiger partial charge is 0.260 e. The first-order valence-electron chi connectivity index (χ1n) is 8.87. The van der Waals surface area contributed by atoms with Crippen molar-refractivity contribution in [2.24, 2.45) is 0 Å². The molecule has 2 atom stereocenters. The third kappa shape index (κ3) is 5.63. The van der Waals surface area contributed by atoms with E-state index in [1.54, 1.807) is 6.92 Å². The maximum atomic E-state index is 12.3. The van der Waals surface area contributed by atoms with Gasteiger partial charge in [0, 0.05) is 6.54 Å². The lowest BCUT2D eigenvalue weighted by atomic mass is 9.87. The standard InChI is InChI=1S/C22H29NO2/c1-16(18-9-7-6-8-10-18)15-23-21(24)17(2)25-20-13-11-19(12-14-20)22(3,4)5/h6-14,16-17H,15H2,1-5H3,(H,23,24)/t16-,17+/m0/s1. The van der Waals surface area contributed by atoms with Crippen LogP contribution in [0.15, 0.2) is 54.6 Å². The monoisotopic (exact) mass is 339 g/mol. The van der Waals surface area contributed by atoms with Gasteiger partial charge in [0.05, 0.1) is 0 Å². The summed E-state index contributed by atoms with van der Waals surface area (Å²) < 4.78 is 5.77. The van der Waals surface area contributed by atoms with Crippen LogP contribution >= 0.6 is 0 Å². The molecule has 134 valence electrons. The first kappa shape index (κ1) is 19.0. The molecule has 0 aliphatic heterocycles. The van der Waals surface area contributed by atoms with Crippen LogP contribution in [0.4, 0.5) is 0 Å². The summed E-state index contributed by atoms with van der Waals surface area (Å²) in [5.74, 6) is 0.887. The Morgan fingerprint density at radius 3 is 2.16 bits per heavy atom. The van der Waals surface area contributed by atoms with Crippen LogP contribution in [0.5, 0.6) is 5.75 Å². The van der Waals surface area contributed by atoms with Crippen LogP contribution < -0.4 is 10.1 Å². The molecule has 0 bridgehead atoms. The van der Waals surface area contributed by atoms with Gasteiger partial charge in [-0.2, -0.15) is 0 Å². The lowest BCUT2D eigenvalue weighted by molar-refractivity contribution is -0.127. The fourth-order valence-electron chi connectivity index (χ4n) is 2.59. The zero-order chi connectivity index (χ0) is 18.4. The molecule has 0 heterocycles. The Balaban J connectivity index is 1.86. The van der Waals surface area contributed by atoms with E-state index in [0.29, 0.717) is 12.3 Å². The highest BCUT2D eigenvalue weighted by Crippen LogP contribution is 2.24. The summed E-state index contributed by atoms with van der Waals surface area (Å²) in [6, 6.07) is 18.1. The fraction of sp³-hybridized carbons (Fsp3) is 0.409. The van der Waals surface area contributed by atoms with Gasteiger partial charge in [0.25, 0.3) is 5.91 Å².